The Morgan fingerprint density at radius 3 is 2.85 bits per heavy atom. The van der Waals surface area contributed by atoms with Gasteiger partial charge in [0.05, 0.1) is 0 Å². The van der Waals surface area contributed by atoms with E-state index in [0.29, 0.717) is 11.9 Å². The molecule has 1 aromatic carbocycles. The maximum atomic E-state index is 5.71. The first-order valence-electron chi connectivity index (χ1n) is 4.26. The fraction of sp³-hybridized carbons (Fsp3) is 0.400. The van der Waals surface area contributed by atoms with E-state index in [1.54, 1.807) is 0 Å². The third-order valence-corrected chi connectivity index (χ3v) is 2.71. The Balaban J connectivity index is 2.78. The summed E-state index contributed by atoms with van der Waals surface area (Å²) in [5.74, 6) is 0.679. The molecular formula is C10H13BrClN. The lowest BCUT2D eigenvalue weighted by Crippen LogP contribution is -2.16. The van der Waals surface area contributed by atoms with Crippen molar-refractivity contribution in [3.8, 4) is 0 Å². The van der Waals surface area contributed by atoms with E-state index in [4.69, 9.17) is 11.6 Å². The Morgan fingerprint density at radius 1 is 1.54 bits per heavy atom. The molecule has 0 amide bonds. The summed E-state index contributed by atoms with van der Waals surface area (Å²) in [4.78, 5) is 0. The molecule has 1 unspecified atom stereocenters. The van der Waals surface area contributed by atoms with Crippen molar-refractivity contribution >= 4 is 27.5 Å². The molecule has 1 rings (SSSR count). The van der Waals surface area contributed by atoms with E-state index in [0.717, 1.165) is 10.9 Å². The number of alkyl halides is 1. The van der Waals surface area contributed by atoms with Gasteiger partial charge in [-0.1, -0.05) is 28.1 Å². The molecule has 0 spiro atoms. The lowest BCUT2D eigenvalue weighted by atomic mass is 10.1. The van der Waals surface area contributed by atoms with Crippen LogP contribution in [-0.4, -0.2) is 12.9 Å². The highest BCUT2D eigenvalue weighted by molar-refractivity contribution is 9.10. The molecule has 13 heavy (non-hydrogen) atoms. The largest absolute Gasteiger partial charge is 0.313 e. The molecule has 0 saturated carbocycles. The van der Waals surface area contributed by atoms with Gasteiger partial charge in [-0.15, -0.1) is 11.6 Å². The average Bonchev–Trinajstić information content (AvgIpc) is 2.14. The molecule has 0 fully saturated rings. The highest BCUT2D eigenvalue weighted by atomic mass is 79.9. The number of rotatable bonds is 4. The predicted octanol–water partition coefficient (Wildman–Crippen LogP) is 3.34. The summed E-state index contributed by atoms with van der Waals surface area (Å²) >= 11 is 9.16. The van der Waals surface area contributed by atoms with E-state index in [1.807, 2.05) is 19.2 Å². The highest BCUT2D eigenvalue weighted by Gasteiger charge is 2.07. The third-order valence-electron chi connectivity index (χ3n) is 2.00. The molecule has 0 radical (unpaired) electrons. The summed E-state index contributed by atoms with van der Waals surface area (Å²) in [7, 11) is 1.96. The first-order chi connectivity index (χ1) is 6.27. The van der Waals surface area contributed by atoms with Crippen molar-refractivity contribution in [1.29, 1.82) is 0 Å². The monoisotopic (exact) mass is 261 g/mol. The van der Waals surface area contributed by atoms with Gasteiger partial charge in [-0.25, -0.2) is 0 Å². The molecule has 1 atom stereocenters. The fourth-order valence-corrected chi connectivity index (χ4v) is 1.95. The minimum absolute atomic E-state index is 0.356. The normalized spacial score (nSPS) is 12.8. The van der Waals surface area contributed by atoms with Gasteiger partial charge in [0.1, 0.15) is 0 Å². The standard InChI is InChI=1S/C10H13BrClN/c1-13-10(5-6-12)8-3-2-4-9(11)7-8/h2-4,7,10,13H,5-6H2,1H3. The molecule has 0 heterocycles. The Hall–Kier alpha value is -0.0500. The molecule has 1 nitrogen and oxygen atoms in total. The van der Waals surface area contributed by atoms with Crippen molar-refractivity contribution in [2.45, 2.75) is 12.5 Å². The van der Waals surface area contributed by atoms with Crippen LogP contribution < -0.4 is 5.32 Å². The van der Waals surface area contributed by atoms with E-state index < -0.39 is 0 Å². The molecule has 72 valence electrons. The Morgan fingerprint density at radius 2 is 2.31 bits per heavy atom. The Bertz CT molecular complexity index is 265. The van der Waals surface area contributed by atoms with Crippen molar-refractivity contribution in [2.24, 2.45) is 0 Å². The summed E-state index contributed by atoms with van der Waals surface area (Å²) < 4.78 is 1.11. The van der Waals surface area contributed by atoms with Gasteiger partial charge >= 0.3 is 0 Å². The molecule has 0 aromatic heterocycles. The smallest absolute Gasteiger partial charge is 0.0329 e. The molecule has 0 aliphatic carbocycles. The van der Waals surface area contributed by atoms with Crippen LogP contribution in [0.25, 0.3) is 0 Å². The maximum Gasteiger partial charge on any atom is 0.0329 e. The van der Waals surface area contributed by atoms with Crippen molar-refractivity contribution in [1.82, 2.24) is 5.32 Å². The van der Waals surface area contributed by atoms with Gasteiger partial charge < -0.3 is 5.32 Å². The zero-order valence-corrected chi connectivity index (χ0v) is 9.90. The second-order valence-electron chi connectivity index (χ2n) is 2.87. The third kappa shape index (κ3) is 3.29. The minimum atomic E-state index is 0.356. The van der Waals surface area contributed by atoms with Crippen molar-refractivity contribution in [3.05, 3.63) is 34.3 Å². The zero-order valence-electron chi connectivity index (χ0n) is 7.56. The van der Waals surface area contributed by atoms with E-state index >= 15 is 0 Å². The van der Waals surface area contributed by atoms with Gasteiger partial charge in [-0.05, 0) is 31.2 Å². The van der Waals surface area contributed by atoms with Gasteiger partial charge in [0.15, 0.2) is 0 Å². The minimum Gasteiger partial charge on any atom is -0.313 e. The highest BCUT2D eigenvalue weighted by Crippen LogP contribution is 2.20. The summed E-state index contributed by atoms with van der Waals surface area (Å²) in [6, 6.07) is 8.65. The Labute approximate surface area is 92.6 Å². The summed E-state index contributed by atoms with van der Waals surface area (Å²) in [6.45, 7) is 0. The van der Waals surface area contributed by atoms with Crippen LogP contribution in [0, 0.1) is 0 Å². The Kier molecular flexibility index (Phi) is 4.78. The number of halogens is 2. The topological polar surface area (TPSA) is 12.0 Å². The van der Waals surface area contributed by atoms with Crippen LogP contribution in [-0.2, 0) is 0 Å². The van der Waals surface area contributed by atoms with Crippen LogP contribution in [0.15, 0.2) is 28.7 Å². The molecule has 0 bridgehead atoms. The first kappa shape index (κ1) is 11.0. The average molecular weight is 263 g/mol. The van der Waals surface area contributed by atoms with Crippen LogP contribution in [0.2, 0.25) is 0 Å². The van der Waals surface area contributed by atoms with Crippen molar-refractivity contribution in [2.75, 3.05) is 12.9 Å². The summed E-state index contributed by atoms with van der Waals surface area (Å²) in [5, 5.41) is 3.24. The maximum absolute atomic E-state index is 5.71. The number of hydrogen-bond donors (Lipinski definition) is 1. The van der Waals surface area contributed by atoms with Crippen LogP contribution in [0.1, 0.15) is 18.0 Å². The molecule has 0 aliphatic heterocycles. The van der Waals surface area contributed by atoms with E-state index in [1.165, 1.54) is 5.56 Å². The first-order valence-corrected chi connectivity index (χ1v) is 5.59. The summed E-state index contributed by atoms with van der Waals surface area (Å²) in [5.41, 5.74) is 1.28. The van der Waals surface area contributed by atoms with E-state index in [9.17, 15) is 0 Å². The van der Waals surface area contributed by atoms with Gasteiger partial charge in [0, 0.05) is 16.4 Å². The number of nitrogens with one attached hydrogen (secondary N) is 1. The molecule has 0 saturated heterocycles. The SMILES string of the molecule is CNC(CCCl)c1cccc(Br)c1. The lowest BCUT2D eigenvalue weighted by molar-refractivity contribution is 0.579. The second kappa shape index (κ2) is 5.63. The van der Waals surface area contributed by atoms with Crippen molar-refractivity contribution < 1.29 is 0 Å². The lowest BCUT2D eigenvalue weighted by Gasteiger charge is -2.15. The van der Waals surface area contributed by atoms with Crippen molar-refractivity contribution in [3.63, 3.8) is 0 Å². The molecular weight excluding hydrogens is 249 g/mol. The zero-order chi connectivity index (χ0) is 9.68. The molecule has 3 heteroatoms. The molecule has 1 N–H and O–H groups in total. The number of benzene rings is 1. The van der Waals surface area contributed by atoms with E-state index in [2.05, 4.69) is 33.4 Å². The van der Waals surface area contributed by atoms with Crippen LogP contribution in [0.3, 0.4) is 0 Å². The number of hydrogen-bond acceptors (Lipinski definition) is 1. The predicted molar refractivity (Wildman–Crippen MR) is 61.3 cm³/mol. The quantitative estimate of drug-likeness (QED) is 0.821. The van der Waals surface area contributed by atoms with Crippen LogP contribution in [0.5, 0.6) is 0 Å². The van der Waals surface area contributed by atoms with Crippen LogP contribution >= 0.6 is 27.5 Å². The van der Waals surface area contributed by atoms with E-state index in [-0.39, 0.29) is 0 Å². The fourth-order valence-electron chi connectivity index (χ4n) is 1.31. The van der Waals surface area contributed by atoms with Gasteiger partial charge in [-0.3, -0.25) is 0 Å². The van der Waals surface area contributed by atoms with Gasteiger partial charge in [0.2, 0.25) is 0 Å². The second-order valence-corrected chi connectivity index (χ2v) is 4.17. The molecule has 1 aromatic rings. The van der Waals surface area contributed by atoms with Gasteiger partial charge in [-0.2, -0.15) is 0 Å². The summed E-state index contributed by atoms with van der Waals surface area (Å²) in [6.07, 6.45) is 0.953. The van der Waals surface area contributed by atoms with Crippen LogP contribution in [0.4, 0.5) is 0 Å². The molecule has 0 aliphatic rings. The van der Waals surface area contributed by atoms with Gasteiger partial charge in [0.25, 0.3) is 0 Å².